The highest BCUT2D eigenvalue weighted by Crippen LogP contribution is 1.96. The molecule has 0 aromatic carbocycles. The largest absolute Gasteiger partial charge is 0.543 e. The normalized spacial score (nSPS) is 9.44. The van der Waals surface area contributed by atoms with Gasteiger partial charge >= 0.3 is 0 Å². The SMILES string of the molecule is Cc1nonc1C(=O)[O-]. The van der Waals surface area contributed by atoms with Crippen LogP contribution in [0.1, 0.15) is 16.2 Å². The molecule has 0 spiro atoms. The molecule has 48 valence electrons. The van der Waals surface area contributed by atoms with Crippen LogP contribution in [0.3, 0.4) is 0 Å². The van der Waals surface area contributed by atoms with Gasteiger partial charge in [0.1, 0.15) is 5.69 Å². The van der Waals surface area contributed by atoms with Crippen molar-refractivity contribution in [3.05, 3.63) is 11.4 Å². The van der Waals surface area contributed by atoms with Gasteiger partial charge in [0.15, 0.2) is 5.69 Å². The van der Waals surface area contributed by atoms with E-state index >= 15 is 0 Å². The second kappa shape index (κ2) is 1.85. The molecule has 0 atom stereocenters. The van der Waals surface area contributed by atoms with Gasteiger partial charge in [-0.1, -0.05) is 5.16 Å². The van der Waals surface area contributed by atoms with Gasteiger partial charge in [-0.3, -0.25) is 0 Å². The summed E-state index contributed by atoms with van der Waals surface area (Å²) in [7, 11) is 0. The minimum absolute atomic E-state index is 0.231. The zero-order chi connectivity index (χ0) is 6.85. The fourth-order valence-corrected chi connectivity index (χ4v) is 0.417. The Hall–Kier alpha value is -1.39. The number of aromatic carboxylic acids is 1. The fourth-order valence-electron chi connectivity index (χ4n) is 0.417. The lowest BCUT2D eigenvalue weighted by Gasteiger charge is -1.91. The molecule has 0 aliphatic rings. The Morgan fingerprint density at radius 3 is 2.56 bits per heavy atom. The zero-order valence-corrected chi connectivity index (χ0v) is 4.62. The van der Waals surface area contributed by atoms with E-state index in [-0.39, 0.29) is 11.4 Å². The molecule has 0 aliphatic heterocycles. The van der Waals surface area contributed by atoms with Crippen LogP contribution in [0, 0.1) is 6.92 Å². The number of hydrogen-bond acceptors (Lipinski definition) is 5. The van der Waals surface area contributed by atoms with Crippen molar-refractivity contribution in [2.45, 2.75) is 6.92 Å². The van der Waals surface area contributed by atoms with Crippen molar-refractivity contribution in [2.24, 2.45) is 0 Å². The molecule has 1 rings (SSSR count). The summed E-state index contributed by atoms with van der Waals surface area (Å²) in [5.41, 5.74) is -0.00926. The first-order valence-electron chi connectivity index (χ1n) is 2.22. The van der Waals surface area contributed by atoms with Crippen LogP contribution in [0.15, 0.2) is 4.63 Å². The number of carboxylic acid groups (broad SMARTS) is 1. The van der Waals surface area contributed by atoms with Crippen molar-refractivity contribution < 1.29 is 14.5 Å². The van der Waals surface area contributed by atoms with Crippen LogP contribution in [-0.4, -0.2) is 16.3 Å². The number of rotatable bonds is 1. The second-order valence-corrected chi connectivity index (χ2v) is 1.49. The van der Waals surface area contributed by atoms with Crippen LogP contribution in [0.4, 0.5) is 0 Å². The average molecular weight is 127 g/mol. The molecule has 1 aromatic heterocycles. The quantitative estimate of drug-likeness (QED) is 0.470. The highest BCUT2D eigenvalue weighted by molar-refractivity contribution is 5.84. The lowest BCUT2D eigenvalue weighted by atomic mass is 10.4. The molecule has 0 aliphatic carbocycles. The molecular formula is C4H3N2O3-. The van der Waals surface area contributed by atoms with Gasteiger partial charge in [-0.2, -0.15) is 0 Å². The van der Waals surface area contributed by atoms with Gasteiger partial charge in [0, 0.05) is 0 Å². The van der Waals surface area contributed by atoms with E-state index in [4.69, 9.17) is 0 Å². The molecule has 0 N–H and O–H groups in total. The van der Waals surface area contributed by atoms with Crippen molar-refractivity contribution >= 4 is 5.97 Å². The van der Waals surface area contributed by atoms with Crippen molar-refractivity contribution in [1.82, 2.24) is 10.3 Å². The molecule has 5 heteroatoms. The minimum Gasteiger partial charge on any atom is -0.543 e. The fraction of sp³-hybridized carbons (Fsp3) is 0.250. The Morgan fingerprint density at radius 1 is 1.67 bits per heavy atom. The summed E-state index contributed by atoms with van der Waals surface area (Å²) in [6.45, 7) is 1.47. The molecule has 0 amide bonds. The highest BCUT2D eigenvalue weighted by Gasteiger charge is 2.03. The van der Waals surface area contributed by atoms with Crippen LogP contribution in [0.5, 0.6) is 0 Å². The predicted octanol–water partition coefficient (Wildman–Crippen LogP) is -1.26. The average Bonchev–Trinajstić information content (AvgIpc) is 2.13. The van der Waals surface area contributed by atoms with Crippen LogP contribution < -0.4 is 5.11 Å². The van der Waals surface area contributed by atoms with Gasteiger partial charge in [-0.25, -0.2) is 4.63 Å². The summed E-state index contributed by atoms with van der Waals surface area (Å²) in [6.07, 6.45) is 0. The number of hydrogen-bond donors (Lipinski definition) is 0. The summed E-state index contributed by atoms with van der Waals surface area (Å²) in [5.74, 6) is -1.37. The molecule has 9 heavy (non-hydrogen) atoms. The second-order valence-electron chi connectivity index (χ2n) is 1.49. The topological polar surface area (TPSA) is 79.0 Å². The maximum absolute atomic E-state index is 10.0. The Kier molecular flexibility index (Phi) is 1.18. The number of aryl methyl sites for hydroxylation is 1. The first kappa shape index (κ1) is 5.74. The molecule has 0 unspecified atom stereocenters. The molecular weight excluding hydrogens is 124 g/mol. The molecule has 0 saturated heterocycles. The van der Waals surface area contributed by atoms with E-state index < -0.39 is 5.97 Å². The third-order valence-electron chi connectivity index (χ3n) is 0.846. The number of carbonyl (C=O) groups is 1. The smallest absolute Gasteiger partial charge is 0.153 e. The molecule has 0 fully saturated rings. The van der Waals surface area contributed by atoms with Gasteiger partial charge < -0.3 is 9.90 Å². The molecule has 0 saturated carbocycles. The van der Waals surface area contributed by atoms with E-state index in [1.165, 1.54) is 6.92 Å². The van der Waals surface area contributed by atoms with E-state index in [0.717, 1.165) is 0 Å². The Balaban J connectivity index is 3.08. The number of nitrogens with zero attached hydrogens (tertiary/aromatic N) is 2. The first-order chi connectivity index (χ1) is 4.22. The summed E-state index contributed by atoms with van der Waals surface area (Å²) >= 11 is 0. The lowest BCUT2D eigenvalue weighted by molar-refractivity contribution is -0.255. The van der Waals surface area contributed by atoms with Crippen molar-refractivity contribution in [3.8, 4) is 0 Å². The summed E-state index contributed by atoms with van der Waals surface area (Å²) in [5, 5.41) is 16.3. The van der Waals surface area contributed by atoms with E-state index in [9.17, 15) is 9.90 Å². The van der Waals surface area contributed by atoms with Crippen LogP contribution >= 0.6 is 0 Å². The van der Waals surface area contributed by atoms with Crippen molar-refractivity contribution in [2.75, 3.05) is 0 Å². The van der Waals surface area contributed by atoms with Crippen LogP contribution in [0.25, 0.3) is 0 Å². The van der Waals surface area contributed by atoms with Crippen LogP contribution in [-0.2, 0) is 0 Å². The summed E-state index contributed by atoms with van der Waals surface area (Å²) in [6, 6.07) is 0. The molecule has 1 aromatic rings. The summed E-state index contributed by atoms with van der Waals surface area (Å²) < 4.78 is 4.09. The predicted molar refractivity (Wildman–Crippen MR) is 23.4 cm³/mol. The third-order valence-corrected chi connectivity index (χ3v) is 0.846. The van der Waals surface area contributed by atoms with Crippen molar-refractivity contribution in [3.63, 3.8) is 0 Å². The molecule has 1 heterocycles. The van der Waals surface area contributed by atoms with Crippen LogP contribution in [0.2, 0.25) is 0 Å². The molecule has 0 radical (unpaired) electrons. The Labute approximate surface area is 50.3 Å². The first-order valence-corrected chi connectivity index (χ1v) is 2.22. The van der Waals surface area contributed by atoms with E-state index in [1.807, 2.05) is 0 Å². The highest BCUT2D eigenvalue weighted by atomic mass is 16.6. The molecule has 5 nitrogen and oxygen atoms in total. The maximum Gasteiger partial charge on any atom is 0.153 e. The van der Waals surface area contributed by atoms with Gasteiger partial charge in [0.25, 0.3) is 0 Å². The van der Waals surface area contributed by atoms with Crippen molar-refractivity contribution in [1.29, 1.82) is 0 Å². The minimum atomic E-state index is -1.37. The Morgan fingerprint density at radius 2 is 2.33 bits per heavy atom. The van der Waals surface area contributed by atoms with E-state index in [1.54, 1.807) is 0 Å². The van der Waals surface area contributed by atoms with Gasteiger partial charge in [0.2, 0.25) is 0 Å². The molecule has 0 bridgehead atoms. The maximum atomic E-state index is 10.0. The summed E-state index contributed by atoms with van der Waals surface area (Å²) in [4.78, 5) is 10.0. The standard InChI is InChI=1S/C4H4N2O3/c1-2-3(4(7)8)6-9-5-2/h1H3,(H,7,8)/p-1. The number of carbonyl (C=O) groups excluding carboxylic acids is 1. The third kappa shape index (κ3) is 0.883. The number of aromatic nitrogens is 2. The number of carboxylic acids is 1. The zero-order valence-electron chi connectivity index (χ0n) is 4.62. The van der Waals surface area contributed by atoms with Gasteiger partial charge in [0.05, 0.1) is 5.97 Å². The lowest BCUT2D eigenvalue weighted by Crippen LogP contribution is -2.23. The Bertz CT molecular complexity index is 229. The van der Waals surface area contributed by atoms with Gasteiger partial charge in [-0.05, 0) is 12.1 Å². The van der Waals surface area contributed by atoms with Gasteiger partial charge in [-0.15, -0.1) is 0 Å². The van der Waals surface area contributed by atoms with E-state index in [2.05, 4.69) is 14.9 Å². The monoisotopic (exact) mass is 127 g/mol. The van der Waals surface area contributed by atoms with E-state index in [0.29, 0.717) is 0 Å².